The lowest BCUT2D eigenvalue weighted by atomic mass is 9.78. The largest absolute Gasteiger partial charge is 0.396 e. The highest BCUT2D eigenvalue weighted by Gasteiger charge is 2.46. The van der Waals surface area contributed by atoms with Crippen LogP contribution < -0.4 is 32.7 Å². The second-order valence-corrected chi connectivity index (χ2v) is 24.4. The summed E-state index contributed by atoms with van der Waals surface area (Å²) in [5.74, 6) is -3.38. The molecule has 3 saturated heterocycles. The molecule has 82 heavy (non-hydrogen) atoms. The Labute approximate surface area is 477 Å². The van der Waals surface area contributed by atoms with E-state index in [0.717, 1.165) is 36.8 Å². The van der Waals surface area contributed by atoms with Gasteiger partial charge in [-0.15, -0.1) is 0 Å². The minimum Gasteiger partial charge on any atom is -0.370 e. The average Bonchev–Trinajstić information content (AvgIpc) is 4.27. The number of imidazole rings is 1. The number of aromatic amines is 1. The van der Waals surface area contributed by atoms with Gasteiger partial charge in [0.1, 0.15) is 29.9 Å². The van der Waals surface area contributed by atoms with E-state index in [0.29, 0.717) is 76.5 Å². The third-order valence-electron chi connectivity index (χ3n) is 16.7. The number of nitrogens with one attached hydrogen (secondary N) is 6. The molecule has 4 fully saturated rings. The summed E-state index contributed by atoms with van der Waals surface area (Å²) in [7, 11) is -3.45. The summed E-state index contributed by atoms with van der Waals surface area (Å²) in [5, 5.41) is 21.3. The van der Waals surface area contributed by atoms with Crippen molar-refractivity contribution in [3.05, 3.63) is 104 Å². The summed E-state index contributed by atoms with van der Waals surface area (Å²) in [5.41, 5.74) is 7.83. The van der Waals surface area contributed by atoms with Crippen molar-refractivity contribution in [1.82, 2.24) is 45.2 Å². The molecule has 0 spiro atoms. The number of imide groups is 1. The van der Waals surface area contributed by atoms with Gasteiger partial charge in [-0.25, -0.2) is 4.79 Å². The van der Waals surface area contributed by atoms with Crippen molar-refractivity contribution >= 4 is 93.8 Å². The number of nitrogens with zero attached hydrogens (tertiary/aromatic N) is 4. The number of amidine groups is 1. The number of amides is 7. The van der Waals surface area contributed by atoms with Crippen molar-refractivity contribution in [3.8, 4) is 0 Å². The highest BCUT2D eigenvalue weighted by atomic mass is 35.5. The lowest BCUT2D eigenvalue weighted by Crippen LogP contribution is -2.62. The van der Waals surface area contributed by atoms with Crippen molar-refractivity contribution in [2.75, 3.05) is 13.1 Å². The zero-order valence-electron chi connectivity index (χ0n) is 45.9. The zero-order valence-corrected chi connectivity index (χ0v) is 47.5. The van der Waals surface area contributed by atoms with Gasteiger partial charge < -0.3 is 46.3 Å². The van der Waals surface area contributed by atoms with Crippen LogP contribution in [0, 0.1) is 17.2 Å². The molecular formula is C57H69ClN11O12P. The maximum Gasteiger partial charge on any atom is 0.396 e. The Bertz CT molecular complexity index is 3500. The minimum absolute atomic E-state index is 0.0334. The van der Waals surface area contributed by atoms with Crippen LogP contribution in [0.3, 0.4) is 0 Å². The first-order chi connectivity index (χ1) is 38.9. The lowest BCUT2D eigenvalue weighted by molar-refractivity contribution is -0.143. The molecule has 4 aliphatic rings. The summed E-state index contributed by atoms with van der Waals surface area (Å²) in [6.07, 6.45) is 5.73. The lowest BCUT2D eigenvalue weighted by Gasteiger charge is -2.41. The molecule has 5 heterocycles. The number of hydrogen-bond acceptors (Lipinski definition) is 11. The number of primary amides is 1. The summed E-state index contributed by atoms with van der Waals surface area (Å²) in [6, 6.07) is 11.6. The number of hydrogen-bond donors (Lipinski definition) is 9. The van der Waals surface area contributed by atoms with Gasteiger partial charge in [-0.05, 0) is 142 Å². The summed E-state index contributed by atoms with van der Waals surface area (Å²) >= 11 is 6.52. The van der Waals surface area contributed by atoms with Crippen molar-refractivity contribution in [2.45, 2.75) is 140 Å². The van der Waals surface area contributed by atoms with Crippen LogP contribution in [0.25, 0.3) is 21.9 Å². The molecule has 1 unspecified atom stereocenters. The van der Waals surface area contributed by atoms with Crippen LogP contribution in [0.1, 0.15) is 140 Å². The molecule has 0 radical (unpaired) electrons. The van der Waals surface area contributed by atoms with Gasteiger partial charge >= 0.3 is 13.3 Å². The Morgan fingerprint density at radius 3 is 2.33 bits per heavy atom. The highest BCUT2D eigenvalue weighted by Crippen LogP contribution is 2.40. The third-order valence-corrected chi connectivity index (χ3v) is 17.8. The van der Waals surface area contributed by atoms with Gasteiger partial charge in [-0.2, -0.15) is 0 Å². The number of rotatable bonds is 18. The second kappa shape index (κ2) is 24.6. The van der Waals surface area contributed by atoms with Crippen LogP contribution >= 0.6 is 19.2 Å². The third kappa shape index (κ3) is 12.9. The SMILES string of the molecule is CC(C)c1ccc(CNC(=O)[C@H](CCC(N)=O)NC(=O)[C@@H]2CC[C@@H]3CCN(C(=N)C4CCC(CCc5ccc6c(c5)n(C)c(=O)n6C5CCC(=O)NC5=O)CC4)C[C@H](NC(=O)c4cc5cc(C(=O)P(=O)(O)O)ccc5[nH]4)C(=O)N32)cc1Cl. The van der Waals surface area contributed by atoms with Crippen LogP contribution in [0.5, 0.6) is 0 Å². The van der Waals surface area contributed by atoms with Crippen molar-refractivity contribution in [1.29, 1.82) is 5.41 Å². The molecule has 2 aromatic heterocycles. The van der Waals surface area contributed by atoms with Gasteiger partial charge in [0.05, 0.1) is 16.9 Å². The Balaban J connectivity index is 0.893. The van der Waals surface area contributed by atoms with E-state index in [1.165, 1.54) is 38.3 Å². The quantitative estimate of drug-likeness (QED) is 0.0252. The molecule has 7 amide bonds. The predicted molar refractivity (Wildman–Crippen MR) is 304 cm³/mol. The van der Waals surface area contributed by atoms with Crippen molar-refractivity contribution in [2.24, 2.45) is 24.6 Å². The Morgan fingerprint density at radius 1 is 0.890 bits per heavy atom. The van der Waals surface area contributed by atoms with Crippen LogP contribution in [0.4, 0.5) is 0 Å². The van der Waals surface area contributed by atoms with E-state index in [4.69, 9.17) is 17.3 Å². The maximum atomic E-state index is 15.1. The van der Waals surface area contributed by atoms with E-state index in [9.17, 15) is 58.1 Å². The molecule has 5 aromatic rings. The Morgan fingerprint density at radius 2 is 1.63 bits per heavy atom. The molecule has 9 rings (SSSR count). The van der Waals surface area contributed by atoms with Crippen molar-refractivity contribution in [3.63, 3.8) is 0 Å². The summed E-state index contributed by atoms with van der Waals surface area (Å²) in [4.78, 5) is 145. The zero-order chi connectivity index (χ0) is 58.9. The van der Waals surface area contributed by atoms with Gasteiger partial charge in [0.15, 0.2) is 0 Å². The van der Waals surface area contributed by atoms with E-state index in [-0.39, 0.29) is 79.9 Å². The van der Waals surface area contributed by atoms with Crippen LogP contribution in [0.2, 0.25) is 5.02 Å². The van der Waals surface area contributed by atoms with Gasteiger partial charge in [0.25, 0.3) is 11.4 Å². The van der Waals surface area contributed by atoms with Gasteiger partial charge in [-0.1, -0.05) is 43.6 Å². The maximum absolute atomic E-state index is 15.1. The number of aryl methyl sites for hydroxylation is 2. The number of fused-ring (bicyclic) bond motifs is 3. The number of carbonyl (C=O) groups is 8. The van der Waals surface area contributed by atoms with Crippen LogP contribution in [-0.4, -0.2) is 124 Å². The monoisotopic (exact) mass is 1170 g/mol. The fourth-order valence-corrected chi connectivity index (χ4v) is 13.1. The fourth-order valence-electron chi connectivity index (χ4n) is 12.2. The standard InChI is InChI=1S/C57H69ClN11O12P/c1-30(2)38-14-8-33(24-39(38)58)28-61-51(72)41(16-20-48(59)70)63-53(74)45-18-13-37-22-23-67(29-43(55(76)68(37)45)64-52(73)42-27-36-26-35(12-15-40(36)62-42)56(77)82(79,80)81)50(60)34-10-6-31(7-11-34)4-5-32-9-17-44-47(25-32)66(3)57(78)69(44)46-19-21-49(71)65-54(46)75/h8-9,12,14-15,17,24-27,30-31,34,37,41,43,45-46,60,62H,4-7,10-11,13,16,18-23,28-29H2,1-3H3,(H2,59,70)(H,61,72)(H,63,74)(H,64,73)(H,65,71,75)(H2,79,80,81)/t31?,34?,37-,41+,43+,45+,46?/m1/s1. The molecule has 23 nitrogen and oxygen atoms in total. The molecule has 1 aliphatic carbocycles. The van der Waals surface area contributed by atoms with E-state index < -0.39 is 78.8 Å². The number of benzene rings is 3. The molecule has 436 valence electrons. The molecule has 25 heteroatoms. The number of piperidine rings is 1. The summed E-state index contributed by atoms with van der Waals surface area (Å²) < 4.78 is 14.8. The van der Waals surface area contributed by atoms with Gasteiger partial charge in [-0.3, -0.25) is 62.8 Å². The summed E-state index contributed by atoms with van der Waals surface area (Å²) in [6.45, 7) is 4.29. The van der Waals surface area contributed by atoms with E-state index in [1.807, 2.05) is 49.1 Å². The first-order valence-corrected chi connectivity index (χ1v) is 29.8. The molecule has 5 atom stereocenters. The molecule has 1 saturated carbocycles. The first kappa shape index (κ1) is 59.2. The molecule has 10 N–H and O–H groups in total. The Hall–Kier alpha value is -7.46. The molecule has 0 bridgehead atoms. The normalized spacial score (nSPS) is 21.9. The number of aromatic nitrogens is 3. The Kier molecular flexibility index (Phi) is 17.7. The second-order valence-electron chi connectivity index (χ2n) is 22.5. The molecule has 3 aromatic carbocycles. The predicted octanol–water partition coefficient (Wildman–Crippen LogP) is 4.54. The number of H-pyrrole nitrogens is 1. The van der Waals surface area contributed by atoms with Gasteiger partial charge in [0, 0.05) is 73.0 Å². The van der Waals surface area contributed by atoms with Crippen LogP contribution in [-0.2, 0) is 53.3 Å². The number of carbonyl (C=O) groups excluding carboxylic acids is 8. The fraction of sp³-hybridized carbons (Fsp3) is 0.474. The van der Waals surface area contributed by atoms with E-state index >= 15 is 4.79 Å². The number of nitrogens with two attached hydrogens (primary N) is 1. The minimum atomic E-state index is -5.12. The van der Waals surface area contributed by atoms with Gasteiger partial charge in [0.2, 0.25) is 35.4 Å². The van der Waals surface area contributed by atoms with E-state index in [1.54, 1.807) is 13.1 Å². The smallest absolute Gasteiger partial charge is 0.370 e. The van der Waals surface area contributed by atoms with E-state index in [2.05, 4.69) is 26.3 Å². The van der Waals surface area contributed by atoms with Crippen LogP contribution in [0.15, 0.2) is 65.5 Å². The molecular weight excluding hydrogens is 1100 g/mol. The topological polar surface area (TPSA) is 341 Å². The highest BCUT2D eigenvalue weighted by molar-refractivity contribution is 7.70. The van der Waals surface area contributed by atoms with Crippen molar-refractivity contribution < 1.29 is 52.7 Å². The number of halogens is 1. The first-order valence-electron chi connectivity index (χ1n) is 27.8. The molecule has 3 aliphatic heterocycles. The average molecular weight is 1170 g/mol.